The summed E-state index contributed by atoms with van der Waals surface area (Å²) in [5.74, 6) is 0.0601. The number of ether oxygens (including phenoxy) is 3. The van der Waals surface area contributed by atoms with E-state index in [-0.39, 0.29) is 6.61 Å². The van der Waals surface area contributed by atoms with Crippen LogP contribution in [0.3, 0.4) is 0 Å². The highest BCUT2D eigenvalue weighted by atomic mass is 35.5. The van der Waals surface area contributed by atoms with Crippen LogP contribution in [0.5, 0.6) is 5.75 Å². The van der Waals surface area contributed by atoms with E-state index in [0.29, 0.717) is 40.3 Å². The standard InChI is InChI=1S/C18H19ClN2O4/c1-3-24-18(22)15-8-20-11(10-25-12-4-5-12)6-13(15)14-7-17(19)21-9-16(14)23-2/h6-9,12H,3-5,10H2,1-2H3. The molecule has 2 aromatic heterocycles. The third kappa shape index (κ3) is 4.27. The number of carbonyl (C=O) groups is 1. The van der Waals surface area contributed by atoms with E-state index in [9.17, 15) is 4.79 Å². The number of aromatic nitrogens is 2. The summed E-state index contributed by atoms with van der Waals surface area (Å²) in [6.45, 7) is 2.42. The van der Waals surface area contributed by atoms with Gasteiger partial charge in [-0.05, 0) is 31.9 Å². The van der Waals surface area contributed by atoms with Crippen molar-refractivity contribution in [2.75, 3.05) is 13.7 Å². The lowest BCUT2D eigenvalue weighted by molar-refractivity contribution is 0.0526. The highest BCUT2D eigenvalue weighted by Gasteiger charge is 2.23. The topological polar surface area (TPSA) is 70.5 Å². The van der Waals surface area contributed by atoms with Gasteiger partial charge in [0.2, 0.25) is 0 Å². The van der Waals surface area contributed by atoms with Gasteiger partial charge in [0, 0.05) is 17.3 Å². The Morgan fingerprint density at radius 1 is 1.24 bits per heavy atom. The molecule has 6 nitrogen and oxygen atoms in total. The quantitative estimate of drug-likeness (QED) is 0.553. The third-order valence-electron chi connectivity index (χ3n) is 3.79. The number of nitrogens with zero attached hydrogens (tertiary/aromatic N) is 2. The molecule has 2 aromatic rings. The van der Waals surface area contributed by atoms with Crippen LogP contribution in [0.15, 0.2) is 24.5 Å². The molecule has 0 N–H and O–H groups in total. The lowest BCUT2D eigenvalue weighted by Crippen LogP contribution is -2.09. The molecule has 0 unspecified atom stereocenters. The van der Waals surface area contributed by atoms with E-state index in [1.165, 1.54) is 19.5 Å². The SMILES string of the molecule is CCOC(=O)c1cnc(COC2CC2)cc1-c1cc(Cl)ncc1OC. The molecule has 0 radical (unpaired) electrons. The van der Waals surface area contributed by atoms with E-state index < -0.39 is 5.97 Å². The van der Waals surface area contributed by atoms with Gasteiger partial charge in [-0.1, -0.05) is 11.6 Å². The smallest absolute Gasteiger partial charge is 0.340 e. The van der Waals surface area contributed by atoms with Crippen molar-refractivity contribution in [2.45, 2.75) is 32.5 Å². The molecule has 0 saturated heterocycles. The van der Waals surface area contributed by atoms with E-state index in [4.69, 9.17) is 25.8 Å². The number of carbonyl (C=O) groups excluding carboxylic acids is 1. The number of esters is 1. The molecule has 25 heavy (non-hydrogen) atoms. The van der Waals surface area contributed by atoms with Gasteiger partial charge in [0.15, 0.2) is 0 Å². The monoisotopic (exact) mass is 362 g/mol. The zero-order valence-corrected chi connectivity index (χ0v) is 14.9. The summed E-state index contributed by atoms with van der Waals surface area (Å²) in [6, 6.07) is 3.47. The molecule has 2 heterocycles. The second-order valence-electron chi connectivity index (χ2n) is 5.66. The van der Waals surface area contributed by atoms with Crippen molar-refractivity contribution in [1.82, 2.24) is 9.97 Å². The normalized spacial score (nSPS) is 13.6. The van der Waals surface area contributed by atoms with Crippen LogP contribution >= 0.6 is 11.6 Å². The minimum atomic E-state index is -0.449. The summed E-state index contributed by atoms with van der Waals surface area (Å²) in [4.78, 5) is 20.7. The van der Waals surface area contributed by atoms with Gasteiger partial charge in [-0.2, -0.15) is 0 Å². The Labute approximate surface area is 151 Å². The van der Waals surface area contributed by atoms with Crippen LogP contribution in [0.1, 0.15) is 35.8 Å². The second kappa shape index (κ2) is 7.80. The Morgan fingerprint density at radius 2 is 2.04 bits per heavy atom. The van der Waals surface area contributed by atoms with Crippen LogP contribution in [0.25, 0.3) is 11.1 Å². The second-order valence-corrected chi connectivity index (χ2v) is 6.05. The number of hydrogen-bond acceptors (Lipinski definition) is 6. The Hall–Kier alpha value is -2.18. The average molecular weight is 363 g/mol. The van der Waals surface area contributed by atoms with Crippen molar-refractivity contribution in [3.8, 4) is 16.9 Å². The summed E-state index contributed by atoms with van der Waals surface area (Å²) >= 11 is 6.04. The van der Waals surface area contributed by atoms with E-state index in [2.05, 4.69) is 9.97 Å². The van der Waals surface area contributed by atoms with Gasteiger partial charge in [-0.15, -0.1) is 0 Å². The lowest BCUT2D eigenvalue weighted by atomic mass is 10.0. The molecule has 1 fully saturated rings. The van der Waals surface area contributed by atoms with Crippen molar-refractivity contribution in [3.63, 3.8) is 0 Å². The molecule has 0 amide bonds. The van der Waals surface area contributed by atoms with Gasteiger partial charge >= 0.3 is 5.97 Å². The van der Waals surface area contributed by atoms with Gasteiger partial charge in [-0.25, -0.2) is 9.78 Å². The molecule has 1 aliphatic carbocycles. The van der Waals surface area contributed by atoms with Crippen LogP contribution in [0.2, 0.25) is 5.15 Å². The Bertz CT molecular complexity index is 778. The van der Waals surface area contributed by atoms with E-state index in [0.717, 1.165) is 18.5 Å². The molecular formula is C18H19ClN2O4. The van der Waals surface area contributed by atoms with Gasteiger partial charge < -0.3 is 14.2 Å². The van der Waals surface area contributed by atoms with Crippen molar-refractivity contribution in [3.05, 3.63) is 40.9 Å². The fourth-order valence-electron chi connectivity index (χ4n) is 2.40. The third-order valence-corrected chi connectivity index (χ3v) is 4.00. The Morgan fingerprint density at radius 3 is 2.72 bits per heavy atom. The van der Waals surface area contributed by atoms with Gasteiger partial charge in [-0.3, -0.25) is 4.98 Å². The fourth-order valence-corrected chi connectivity index (χ4v) is 2.56. The molecule has 0 aliphatic heterocycles. The van der Waals surface area contributed by atoms with E-state index in [1.807, 2.05) is 6.07 Å². The highest BCUT2D eigenvalue weighted by molar-refractivity contribution is 6.29. The number of pyridine rings is 2. The summed E-state index contributed by atoms with van der Waals surface area (Å²) in [5.41, 5.74) is 2.35. The van der Waals surface area contributed by atoms with Crippen LogP contribution in [-0.4, -0.2) is 35.8 Å². The highest BCUT2D eigenvalue weighted by Crippen LogP contribution is 2.34. The first kappa shape index (κ1) is 17.6. The van der Waals surface area contributed by atoms with Crippen LogP contribution in [-0.2, 0) is 16.1 Å². The number of methoxy groups -OCH3 is 1. The zero-order chi connectivity index (χ0) is 17.8. The molecule has 132 valence electrons. The molecular weight excluding hydrogens is 344 g/mol. The van der Waals surface area contributed by atoms with Crippen molar-refractivity contribution in [2.24, 2.45) is 0 Å². The maximum Gasteiger partial charge on any atom is 0.340 e. The predicted molar refractivity (Wildman–Crippen MR) is 92.8 cm³/mol. The van der Waals surface area contributed by atoms with Crippen molar-refractivity contribution < 1.29 is 19.0 Å². The minimum absolute atomic E-state index is 0.277. The predicted octanol–water partition coefficient (Wildman–Crippen LogP) is 3.66. The molecule has 0 aromatic carbocycles. The van der Waals surface area contributed by atoms with Crippen molar-refractivity contribution >= 4 is 17.6 Å². The summed E-state index contributed by atoms with van der Waals surface area (Å²) in [5, 5.41) is 0.304. The van der Waals surface area contributed by atoms with Gasteiger partial charge in [0.05, 0.1) is 43.9 Å². The van der Waals surface area contributed by atoms with E-state index >= 15 is 0 Å². The number of halogens is 1. The minimum Gasteiger partial charge on any atom is -0.494 e. The van der Waals surface area contributed by atoms with Crippen LogP contribution in [0, 0.1) is 0 Å². The molecule has 1 aliphatic rings. The lowest BCUT2D eigenvalue weighted by Gasteiger charge is -2.14. The zero-order valence-electron chi connectivity index (χ0n) is 14.1. The largest absolute Gasteiger partial charge is 0.494 e. The Balaban J connectivity index is 2.04. The molecule has 0 atom stereocenters. The molecule has 0 spiro atoms. The Kier molecular flexibility index (Phi) is 5.50. The maximum atomic E-state index is 12.3. The van der Waals surface area contributed by atoms with Crippen LogP contribution in [0.4, 0.5) is 0 Å². The molecule has 1 saturated carbocycles. The fraction of sp³-hybridized carbons (Fsp3) is 0.389. The van der Waals surface area contributed by atoms with Crippen molar-refractivity contribution in [1.29, 1.82) is 0 Å². The van der Waals surface area contributed by atoms with Crippen LogP contribution < -0.4 is 4.74 Å². The number of rotatable bonds is 7. The van der Waals surface area contributed by atoms with Gasteiger partial charge in [0.25, 0.3) is 0 Å². The maximum absolute atomic E-state index is 12.3. The first-order valence-corrected chi connectivity index (χ1v) is 8.47. The molecule has 7 heteroatoms. The molecule has 3 rings (SSSR count). The molecule has 0 bridgehead atoms. The average Bonchev–Trinajstić information content (AvgIpc) is 3.44. The van der Waals surface area contributed by atoms with E-state index in [1.54, 1.807) is 13.0 Å². The van der Waals surface area contributed by atoms with Gasteiger partial charge in [0.1, 0.15) is 10.9 Å². The summed E-state index contributed by atoms with van der Waals surface area (Å²) < 4.78 is 16.2. The summed E-state index contributed by atoms with van der Waals surface area (Å²) in [6.07, 6.45) is 5.52. The number of hydrogen-bond donors (Lipinski definition) is 0. The first-order chi connectivity index (χ1) is 12.1. The summed E-state index contributed by atoms with van der Waals surface area (Å²) in [7, 11) is 1.54. The first-order valence-electron chi connectivity index (χ1n) is 8.10.